The zero-order valence-corrected chi connectivity index (χ0v) is 26.3. The summed E-state index contributed by atoms with van der Waals surface area (Å²) >= 11 is 0. The summed E-state index contributed by atoms with van der Waals surface area (Å²) in [6.07, 6.45) is 2.74. The van der Waals surface area contributed by atoms with E-state index in [-0.39, 0.29) is 61.2 Å². The topological polar surface area (TPSA) is 160 Å². The molecule has 3 N–H and O–H groups in total. The van der Waals surface area contributed by atoms with Gasteiger partial charge in [0, 0.05) is 44.7 Å². The van der Waals surface area contributed by atoms with Crippen molar-refractivity contribution in [2.24, 2.45) is 5.92 Å². The summed E-state index contributed by atoms with van der Waals surface area (Å²) in [7, 11) is 1.51. The molecule has 3 aromatic rings. The maximum atomic E-state index is 13.8. The van der Waals surface area contributed by atoms with Crippen LogP contribution in [0.5, 0.6) is 5.75 Å². The number of rotatable bonds is 5. The van der Waals surface area contributed by atoms with Gasteiger partial charge in [-0.1, -0.05) is 44.2 Å². The molecule has 0 spiro atoms. The number of carbonyl (C=O) groups is 4. The first-order chi connectivity index (χ1) is 21.6. The summed E-state index contributed by atoms with van der Waals surface area (Å²) in [5.74, 6) is 0.109. The van der Waals surface area contributed by atoms with Crippen LogP contribution >= 0.6 is 0 Å². The second-order valence-corrected chi connectivity index (χ2v) is 11.4. The molecule has 4 amide bonds. The number of nitrogens with zero attached hydrogens (tertiary/aromatic N) is 5. The van der Waals surface area contributed by atoms with Gasteiger partial charge >= 0.3 is 0 Å². The smallest absolute Gasteiger partial charge is 0.272 e. The van der Waals surface area contributed by atoms with Crippen LogP contribution in [0.4, 0.5) is 0 Å². The monoisotopic (exact) mass is 618 g/mol. The number of ether oxygens (including phenoxy) is 1. The minimum absolute atomic E-state index is 0.0828. The van der Waals surface area contributed by atoms with Crippen LogP contribution in [-0.4, -0.2) is 81.1 Å². The second-order valence-electron chi connectivity index (χ2n) is 11.4. The Morgan fingerprint density at radius 2 is 1.80 bits per heavy atom. The number of nitrogens with one attached hydrogen (secondary N) is 3. The van der Waals surface area contributed by atoms with Gasteiger partial charge in [-0.15, -0.1) is 0 Å². The van der Waals surface area contributed by atoms with Crippen LogP contribution in [0.15, 0.2) is 48.7 Å². The highest BCUT2D eigenvalue weighted by atomic mass is 16.5. The quantitative estimate of drug-likeness (QED) is 0.391. The number of hydrogen-bond acceptors (Lipinski definition) is 8. The van der Waals surface area contributed by atoms with E-state index in [2.05, 4.69) is 31.0 Å². The first kappa shape index (κ1) is 33.1. The number of aryl methyl sites for hydroxylation is 1. The minimum atomic E-state index is -0.862. The largest absolute Gasteiger partial charge is 0.497 e. The van der Waals surface area contributed by atoms with Gasteiger partial charge in [-0.25, -0.2) is 9.67 Å². The van der Waals surface area contributed by atoms with Gasteiger partial charge in [0.05, 0.1) is 13.2 Å². The Morgan fingerprint density at radius 3 is 2.53 bits per heavy atom. The van der Waals surface area contributed by atoms with Crippen molar-refractivity contribution >= 4 is 23.6 Å². The molecule has 0 fully saturated rings. The Morgan fingerprint density at radius 1 is 1.04 bits per heavy atom. The number of benzene rings is 1. The Bertz CT molecular complexity index is 1480. The molecule has 13 heteroatoms. The van der Waals surface area contributed by atoms with E-state index < -0.39 is 12.1 Å². The normalized spacial score (nSPS) is 19.0. The molecule has 1 aliphatic heterocycles. The molecule has 3 heterocycles. The van der Waals surface area contributed by atoms with Crippen molar-refractivity contribution in [2.45, 2.75) is 65.1 Å². The summed E-state index contributed by atoms with van der Waals surface area (Å²) in [5, 5.41) is 13.3. The van der Waals surface area contributed by atoms with Crippen LogP contribution in [0.3, 0.4) is 0 Å². The summed E-state index contributed by atoms with van der Waals surface area (Å²) in [4.78, 5) is 63.7. The molecule has 0 saturated carbocycles. The van der Waals surface area contributed by atoms with Crippen LogP contribution < -0.4 is 20.7 Å². The lowest BCUT2D eigenvalue weighted by molar-refractivity contribution is -0.129. The van der Waals surface area contributed by atoms with Crippen molar-refractivity contribution in [2.75, 3.05) is 26.7 Å². The van der Waals surface area contributed by atoms with Crippen LogP contribution in [0.25, 0.3) is 0 Å². The average Bonchev–Trinajstić information content (AvgIpc) is 3.38. The van der Waals surface area contributed by atoms with E-state index in [1.165, 1.54) is 18.0 Å². The molecule has 2 aromatic heterocycles. The Kier molecular flexibility index (Phi) is 11.6. The molecule has 0 unspecified atom stereocenters. The van der Waals surface area contributed by atoms with Gasteiger partial charge in [0.15, 0.2) is 5.82 Å². The maximum absolute atomic E-state index is 13.8. The van der Waals surface area contributed by atoms with Crippen molar-refractivity contribution in [1.29, 1.82) is 0 Å². The third-order valence-corrected chi connectivity index (χ3v) is 7.51. The number of fused-ring (bicyclic) bond motifs is 1. The molecule has 240 valence electrons. The summed E-state index contributed by atoms with van der Waals surface area (Å²) in [5.41, 5.74) is 1.11. The molecule has 4 rings (SSSR count). The highest BCUT2D eigenvalue weighted by Crippen LogP contribution is 2.21. The van der Waals surface area contributed by atoms with Crippen molar-refractivity contribution in [3.63, 3.8) is 0 Å². The zero-order valence-electron chi connectivity index (χ0n) is 26.3. The predicted octanol–water partition coefficient (Wildman–Crippen LogP) is 1.97. The van der Waals surface area contributed by atoms with Gasteiger partial charge in [0.25, 0.3) is 5.91 Å². The number of pyridine rings is 1. The molecule has 45 heavy (non-hydrogen) atoms. The molecular formula is C32H42N8O5. The molecule has 0 bridgehead atoms. The van der Waals surface area contributed by atoms with Crippen molar-refractivity contribution in [3.8, 4) is 5.75 Å². The molecule has 0 saturated heterocycles. The maximum Gasteiger partial charge on any atom is 0.272 e. The molecule has 13 nitrogen and oxygen atoms in total. The van der Waals surface area contributed by atoms with Crippen LogP contribution in [0.1, 0.15) is 66.9 Å². The molecule has 0 radical (unpaired) electrons. The third kappa shape index (κ3) is 9.34. The number of aromatic nitrogens is 4. The highest BCUT2D eigenvalue weighted by Gasteiger charge is 2.30. The lowest BCUT2D eigenvalue weighted by atomic mass is 10.0. The highest BCUT2D eigenvalue weighted by molar-refractivity contribution is 5.92. The van der Waals surface area contributed by atoms with E-state index in [1.807, 2.05) is 44.2 Å². The van der Waals surface area contributed by atoms with E-state index in [0.29, 0.717) is 43.3 Å². The molecule has 1 aliphatic rings. The van der Waals surface area contributed by atoms with Gasteiger partial charge in [-0.05, 0) is 37.3 Å². The summed E-state index contributed by atoms with van der Waals surface area (Å²) in [6.45, 7) is 6.48. The number of hydrogen-bond donors (Lipinski definition) is 3. The van der Waals surface area contributed by atoms with Gasteiger partial charge < -0.3 is 25.6 Å². The van der Waals surface area contributed by atoms with E-state index >= 15 is 0 Å². The van der Waals surface area contributed by atoms with Crippen molar-refractivity contribution < 1.29 is 23.9 Å². The van der Waals surface area contributed by atoms with Crippen molar-refractivity contribution in [3.05, 3.63) is 71.6 Å². The fraction of sp³-hybridized carbons (Fsp3) is 0.469. The Labute approximate surface area is 263 Å². The fourth-order valence-corrected chi connectivity index (χ4v) is 5.18. The Hall–Kier alpha value is -4.81. The molecule has 1 aromatic carbocycles. The third-order valence-electron chi connectivity index (χ3n) is 7.51. The predicted molar refractivity (Wildman–Crippen MR) is 166 cm³/mol. The van der Waals surface area contributed by atoms with Gasteiger partial charge in [-0.3, -0.25) is 24.2 Å². The van der Waals surface area contributed by atoms with Crippen LogP contribution in [-0.2, 0) is 27.3 Å². The zero-order chi connectivity index (χ0) is 32.3. The first-order valence-corrected chi connectivity index (χ1v) is 15.3. The van der Waals surface area contributed by atoms with E-state index in [9.17, 15) is 19.2 Å². The van der Waals surface area contributed by atoms with Gasteiger partial charge in [0.1, 0.15) is 29.9 Å². The van der Waals surface area contributed by atoms with Crippen LogP contribution in [0.2, 0.25) is 0 Å². The number of carbonyl (C=O) groups excluding carboxylic acids is 4. The lowest BCUT2D eigenvalue weighted by Gasteiger charge is -2.26. The summed E-state index contributed by atoms with van der Waals surface area (Å²) < 4.78 is 6.76. The minimum Gasteiger partial charge on any atom is -0.497 e. The van der Waals surface area contributed by atoms with Crippen LogP contribution in [0, 0.1) is 12.8 Å². The number of amides is 4. The fourth-order valence-electron chi connectivity index (χ4n) is 5.18. The molecular weight excluding hydrogens is 576 g/mol. The average molecular weight is 619 g/mol. The lowest BCUT2D eigenvalue weighted by Crippen LogP contribution is -2.50. The van der Waals surface area contributed by atoms with Crippen molar-refractivity contribution in [1.82, 2.24) is 40.6 Å². The SMILES string of the molecule is COc1ccnc(C(=O)N2CCCNC(=O)Cn3nc(C)nc3[C@H](C(C)C)NC(=O)[C@@H](Cc3ccccc3)NC(=O)CCC2)c1. The van der Waals surface area contributed by atoms with Gasteiger partial charge in [0.2, 0.25) is 17.7 Å². The second kappa shape index (κ2) is 15.8. The first-order valence-electron chi connectivity index (χ1n) is 15.3. The van der Waals surface area contributed by atoms with E-state index in [1.54, 1.807) is 24.0 Å². The van der Waals surface area contributed by atoms with E-state index in [4.69, 9.17) is 4.74 Å². The Balaban J connectivity index is 1.60. The standard InChI is InChI=1S/C32H42N8O5/c1-21(2)29-30-35-22(3)38-40(30)20-28(42)34-14-9-17-39(32(44)26-19-24(45-4)13-15-33-26)16-8-12-27(41)36-25(31(43)37-29)18-23-10-6-5-7-11-23/h5-7,10-11,13,15,19,21,25,29H,8-9,12,14,16-18,20H2,1-4H3,(H,34,42)(H,36,41)(H,37,43)/t25-,29+/m1/s1. The van der Waals surface area contributed by atoms with E-state index in [0.717, 1.165) is 5.56 Å². The van der Waals surface area contributed by atoms with Gasteiger partial charge in [-0.2, -0.15) is 5.10 Å². The summed E-state index contributed by atoms with van der Waals surface area (Å²) in [6, 6.07) is 11.3. The molecule has 2 atom stereocenters. The number of methoxy groups -OCH3 is 1. The molecule has 0 aliphatic carbocycles.